The summed E-state index contributed by atoms with van der Waals surface area (Å²) < 4.78 is 0. The topological polar surface area (TPSA) is 110 Å². The number of benzene rings is 1. The van der Waals surface area contributed by atoms with Gasteiger partial charge in [0.1, 0.15) is 5.69 Å². The molecule has 2 unspecified atom stereocenters. The average Bonchev–Trinajstić information content (AvgIpc) is 2.48. The number of rotatable bonds is 4. The van der Waals surface area contributed by atoms with Crippen molar-refractivity contribution in [2.75, 3.05) is 5.32 Å². The first-order valence-electron chi connectivity index (χ1n) is 7.19. The second-order valence-electron chi connectivity index (χ2n) is 5.60. The second kappa shape index (κ2) is 6.55. The van der Waals surface area contributed by atoms with Crippen LogP contribution in [0.25, 0.3) is 0 Å². The van der Waals surface area contributed by atoms with Gasteiger partial charge in [-0.25, -0.2) is 0 Å². The lowest BCUT2D eigenvalue weighted by atomic mass is 9.78. The Hall–Kier alpha value is -2.44. The Bertz CT molecular complexity index is 614. The fourth-order valence-corrected chi connectivity index (χ4v) is 2.86. The molecule has 1 aromatic rings. The molecule has 0 heterocycles. The summed E-state index contributed by atoms with van der Waals surface area (Å²) in [5.41, 5.74) is 0.636. The molecule has 0 aliphatic heterocycles. The van der Waals surface area contributed by atoms with E-state index in [9.17, 15) is 24.8 Å². The lowest BCUT2D eigenvalue weighted by Gasteiger charge is -2.27. The van der Waals surface area contributed by atoms with Crippen LogP contribution in [0.1, 0.15) is 31.2 Å². The van der Waals surface area contributed by atoms with Crippen LogP contribution >= 0.6 is 0 Å². The molecule has 0 radical (unpaired) electrons. The molecular formula is C15H18N2O5. The Morgan fingerprint density at radius 2 is 1.91 bits per heavy atom. The van der Waals surface area contributed by atoms with Crippen LogP contribution in [0.3, 0.4) is 0 Å². The maximum atomic E-state index is 12.3. The van der Waals surface area contributed by atoms with Crippen LogP contribution < -0.4 is 5.32 Å². The largest absolute Gasteiger partial charge is 0.481 e. The van der Waals surface area contributed by atoms with Crippen molar-refractivity contribution in [3.63, 3.8) is 0 Å². The van der Waals surface area contributed by atoms with Crippen LogP contribution in [0.15, 0.2) is 18.2 Å². The minimum absolute atomic E-state index is 0.107. The summed E-state index contributed by atoms with van der Waals surface area (Å²) in [7, 11) is 0. The van der Waals surface area contributed by atoms with Crippen molar-refractivity contribution < 1.29 is 19.6 Å². The molecule has 1 fully saturated rings. The van der Waals surface area contributed by atoms with Gasteiger partial charge >= 0.3 is 5.97 Å². The highest BCUT2D eigenvalue weighted by Gasteiger charge is 2.36. The molecule has 2 N–H and O–H groups in total. The lowest BCUT2D eigenvalue weighted by molar-refractivity contribution is -0.384. The minimum Gasteiger partial charge on any atom is -0.481 e. The summed E-state index contributed by atoms with van der Waals surface area (Å²) in [6.45, 7) is 1.72. The fraction of sp³-hybridized carbons (Fsp3) is 0.467. The van der Waals surface area contributed by atoms with Crippen LogP contribution in [-0.4, -0.2) is 21.9 Å². The Labute approximate surface area is 127 Å². The molecule has 0 bridgehead atoms. The molecule has 118 valence electrons. The molecule has 1 aliphatic carbocycles. The van der Waals surface area contributed by atoms with E-state index < -0.39 is 28.6 Å². The first kappa shape index (κ1) is 15.9. The Morgan fingerprint density at radius 1 is 1.27 bits per heavy atom. The number of hydrogen-bond donors (Lipinski definition) is 2. The molecule has 2 rings (SSSR count). The maximum absolute atomic E-state index is 12.3. The molecule has 1 aromatic carbocycles. The van der Waals surface area contributed by atoms with Crippen LogP contribution in [0.2, 0.25) is 0 Å². The van der Waals surface area contributed by atoms with Gasteiger partial charge in [0.15, 0.2) is 0 Å². The third kappa shape index (κ3) is 3.41. The van der Waals surface area contributed by atoms with Gasteiger partial charge in [-0.05, 0) is 31.4 Å². The summed E-state index contributed by atoms with van der Waals surface area (Å²) in [4.78, 5) is 34.1. The van der Waals surface area contributed by atoms with E-state index >= 15 is 0 Å². The molecule has 0 aromatic heterocycles. The molecule has 0 saturated heterocycles. The number of nitro benzene ring substituents is 1. The number of anilines is 1. The van der Waals surface area contributed by atoms with Gasteiger partial charge in [-0.3, -0.25) is 19.7 Å². The zero-order valence-corrected chi connectivity index (χ0v) is 12.2. The summed E-state index contributed by atoms with van der Waals surface area (Å²) in [5, 5.41) is 22.8. The number of amides is 1. The van der Waals surface area contributed by atoms with E-state index in [1.807, 2.05) is 0 Å². The van der Waals surface area contributed by atoms with Crippen molar-refractivity contribution in [2.24, 2.45) is 11.8 Å². The highest BCUT2D eigenvalue weighted by Crippen LogP contribution is 2.32. The molecule has 1 amide bonds. The number of nitrogens with one attached hydrogen (secondary N) is 1. The van der Waals surface area contributed by atoms with E-state index in [1.165, 1.54) is 12.1 Å². The molecule has 22 heavy (non-hydrogen) atoms. The highest BCUT2D eigenvalue weighted by atomic mass is 16.6. The lowest BCUT2D eigenvalue weighted by Crippen LogP contribution is -2.36. The Morgan fingerprint density at radius 3 is 2.50 bits per heavy atom. The number of carbonyl (C=O) groups is 2. The van der Waals surface area contributed by atoms with Crippen LogP contribution in [0.5, 0.6) is 0 Å². The van der Waals surface area contributed by atoms with E-state index in [0.717, 1.165) is 12.8 Å². The Kier molecular flexibility index (Phi) is 4.75. The quantitative estimate of drug-likeness (QED) is 0.656. The first-order chi connectivity index (χ1) is 10.4. The molecule has 7 nitrogen and oxygen atoms in total. The monoisotopic (exact) mass is 306 g/mol. The van der Waals surface area contributed by atoms with Crippen molar-refractivity contribution in [1.82, 2.24) is 0 Å². The van der Waals surface area contributed by atoms with Gasteiger partial charge in [0.05, 0.1) is 16.8 Å². The van der Waals surface area contributed by atoms with Crippen molar-refractivity contribution in [1.29, 1.82) is 0 Å². The zero-order valence-electron chi connectivity index (χ0n) is 12.2. The van der Waals surface area contributed by atoms with E-state index in [4.69, 9.17) is 0 Å². The van der Waals surface area contributed by atoms with Gasteiger partial charge in [0, 0.05) is 6.07 Å². The number of aryl methyl sites for hydroxylation is 1. The van der Waals surface area contributed by atoms with Crippen molar-refractivity contribution in [2.45, 2.75) is 32.6 Å². The molecular weight excluding hydrogens is 288 g/mol. The maximum Gasteiger partial charge on any atom is 0.307 e. The number of carboxylic acid groups (broad SMARTS) is 1. The SMILES string of the molecule is Cc1ccc(NC(=O)C2CCCCC2C(=O)O)c([N+](=O)[O-])c1. The fourth-order valence-electron chi connectivity index (χ4n) is 2.86. The molecule has 0 spiro atoms. The zero-order chi connectivity index (χ0) is 16.3. The van der Waals surface area contributed by atoms with Crippen molar-refractivity contribution >= 4 is 23.3 Å². The van der Waals surface area contributed by atoms with Gasteiger partial charge in [-0.15, -0.1) is 0 Å². The number of nitrogens with zero attached hydrogens (tertiary/aromatic N) is 1. The standard InChI is InChI=1S/C15H18N2O5/c1-9-6-7-12(13(8-9)17(21)22)16-14(18)10-4-2-3-5-11(10)15(19)20/h6-8,10-11H,2-5H2,1H3,(H,16,18)(H,19,20). The number of aliphatic carboxylic acids is 1. The average molecular weight is 306 g/mol. The van der Waals surface area contributed by atoms with Gasteiger partial charge in [-0.2, -0.15) is 0 Å². The summed E-state index contributed by atoms with van der Waals surface area (Å²) in [6, 6.07) is 4.52. The number of nitro groups is 1. The molecule has 1 saturated carbocycles. The van der Waals surface area contributed by atoms with Crippen LogP contribution in [0.4, 0.5) is 11.4 Å². The second-order valence-corrected chi connectivity index (χ2v) is 5.60. The predicted molar refractivity (Wildman–Crippen MR) is 79.5 cm³/mol. The highest BCUT2D eigenvalue weighted by molar-refractivity contribution is 5.97. The van der Waals surface area contributed by atoms with E-state index in [1.54, 1.807) is 13.0 Å². The summed E-state index contributed by atoms with van der Waals surface area (Å²) in [5.74, 6) is -2.82. The minimum atomic E-state index is -0.988. The molecule has 7 heteroatoms. The number of carboxylic acids is 1. The van der Waals surface area contributed by atoms with Gasteiger partial charge in [0.2, 0.25) is 5.91 Å². The predicted octanol–water partition coefficient (Wildman–Crippen LogP) is 2.73. The van der Waals surface area contributed by atoms with Gasteiger partial charge in [-0.1, -0.05) is 18.9 Å². The summed E-state index contributed by atoms with van der Waals surface area (Å²) in [6.07, 6.45) is 2.52. The van der Waals surface area contributed by atoms with Crippen molar-refractivity contribution in [3.05, 3.63) is 33.9 Å². The van der Waals surface area contributed by atoms with Gasteiger partial charge in [0.25, 0.3) is 5.69 Å². The van der Waals surface area contributed by atoms with Gasteiger partial charge < -0.3 is 10.4 Å². The smallest absolute Gasteiger partial charge is 0.307 e. The van der Waals surface area contributed by atoms with E-state index in [2.05, 4.69) is 5.32 Å². The number of carbonyl (C=O) groups excluding carboxylic acids is 1. The van der Waals surface area contributed by atoms with E-state index in [0.29, 0.717) is 18.4 Å². The van der Waals surface area contributed by atoms with Crippen LogP contribution in [-0.2, 0) is 9.59 Å². The third-order valence-electron chi connectivity index (χ3n) is 4.03. The van der Waals surface area contributed by atoms with Crippen LogP contribution in [0, 0.1) is 28.9 Å². The molecule has 1 aliphatic rings. The summed E-state index contributed by atoms with van der Waals surface area (Å²) >= 11 is 0. The first-order valence-corrected chi connectivity index (χ1v) is 7.19. The number of hydrogen-bond acceptors (Lipinski definition) is 4. The normalized spacial score (nSPS) is 21.1. The van der Waals surface area contributed by atoms with E-state index in [-0.39, 0.29) is 11.4 Å². The third-order valence-corrected chi connectivity index (χ3v) is 4.03. The van der Waals surface area contributed by atoms with Crippen molar-refractivity contribution in [3.8, 4) is 0 Å². The Balaban J connectivity index is 2.21. The molecule has 2 atom stereocenters.